The number of nitrogens with zero attached hydrogens (tertiary/aromatic N) is 2. The molecule has 0 radical (unpaired) electrons. The molecule has 182 valence electrons. The summed E-state index contributed by atoms with van der Waals surface area (Å²) in [6.07, 6.45) is 0.969. The Morgan fingerprint density at radius 3 is 2.09 bits per heavy atom. The first kappa shape index (κ1) is 24.4. The van der Waals surface area contributed by atoms with Crippen LogP contribution in [-0.2, 0) is 31.8 Å². The zero-order valence-corrected chi connectivity index (χ0v) is 21.6. The van der Waals surface area contributed by atoms with Gasteiger partial charge in [-0.2, -0.15) is 0 Å². The zero-order valence-electron chi connectivity index (χ0n) is 20.6. The van der Waals surface area contributed by atoms with Crippen molar-refractivity contribution in [1.29, 1.82) is 0 Å². The highest BCUT2D eigenvalue weighted by Gasteiger charge is 2.60. The van der Waals surface area contributed by atoms with E-state index in [1.807, 2.05) is 54.6 Å². The molecule has 34 heavy (non-hydrogen) atoms. The number of methoxy groups -OCH3 is 2. The number of ether oxygens (including phenoxy) is 2. The standard InChI is InChI=1S/C26H34N2O5Si/c1-31-21-13-11-20(12-14-21)18-28-23-25(30)27(17-19-9-7-6-8-10-19)22(24(28)29)15-16-26(23,32-2)33-34(3,4)5/h6-14,22-23H,15-18H2,1-5H3/t22-,23+,26+/m0/s1. The largest absolute Gasteiger partial charge is 0.497 e. The molecule has 3 saturated heterocycles. The summed E-state index contributed by atoms with van der Waals surface area (Å²) in [6, 6.07) is 16.0. The van der Waals surface area contributed by atoms with E-state index >= 15 is 0 Å². The highest BCUT2D eigenvalue weighted by atomic mass is 28.4. The van der Waals surface area contributed by atoms with E-state index in [0.29, 0.717) is 25.9 Å². The third-order valence-electron chi connectivity index (χ3n) is 6.49. The fraction of sp³-hybridized carbons (Fsp3) is 0.462. The summed E-state index contributed by atoms with van der Waals surface area (Å²) in [5.74, 6) is -0.621. The van der Waals surface area contributed by atoms with E-state index in [0.717, 1.165) is 16.9 Å². The van der Waals surface area contributed by atoms with E-state index in [1.54, 1.807) is 24.0 Å². The van der Waals surface area contributed by atoms with Crippen LogP contribution in [0.25, 0.3) is 0 Å². The average Bonchev–Trinajstić information content (AvgIpc) is 2.99. The maximum absolute atomic E-state index is 14.1. The lowest BCUT2D eigenvalue weighted by molar-refractivity contribution is -0.218. The quantitative estimate of drug-likeness (QED) is 0.423. The van der Waals surface area contributed by atoms with Crippen LogP contribution in [0.3, 0.4) is 0 Å². The van der Waals surface area contributed by atoms with Gasteiger partial charge in [0.15, 0.2) is 20.1 Å². The lowest BCUT2D eigenvalue weighted by atomic mass is 10.00. The van der Waals surface area contributed by atoms with Crippen LogP contribution >= 0.6 is 0 Å². The summed E-state index contributed by atoms with van der Waals surface area (Å²) in [5.41, 5.74) is 1.91. The summed E-state index contributed by atoms with van der Waals surface area (Å²) in [5, 5.41) is 0. The monoisotopic (exact) mass is 482 g/mol. The zero-order chi connectivity index (χ0) is 24.5. The van der Waals surface area contributed by atoms with Crippen LogP contribution in [0.15, 0.2) is 54.6 Å². The average molecular weight is 483 g/mol. The number of benzene rings is 2. The topological polar surface area (TPSA) is 68.3 Å². The van der Waals surface area contributed by atoms with Crippen molar-refractivity contribution in [3.63, 3.8) is 0 Å². The minimum Gasteiger partial charge on any atom is -0.497 e. The molecule has 2 aromatic rings. The summed E-state index contributed by atoms with van der Waals surface area (Å²) in [7, 11) is 1.07. The summed E-state index contributed by atoms with van der Waals surface area (Å²) >= 11 is 0. The molecule has 3 fully saturated rings. The van der Waals surface area contributed by atoms with Crippen molar-refractivity contribution in [3.05, 3.63) is 65.7 Å². The van der Waals surface area contributed by atoms with Crippen molar-refractivity contribution in [2.45, 2.75) is 63.4 Å². The van der Waals surface area contributed by atoms with Gasteiger partial charge in [-0.3, -0.25) is 9.59 Å². The maximum Gasteiger partial charge on any atom is 0.251 e. The van der Waals surface area contributed by atoms with Gasteiger partial charge in [0.2, 0.25) is 5.91 Å². The van der Waals surface area contributed by atoms with Crippen molar-refractivity contribution in [2.24, 2.45) is 0 Å². The number of rotatable bonds is 8. The Morgan fingerprint density at radius 2 is 1.50 bits per heavy atom. The SMILES string of the molecule is COc1ccc(CN2C(=O)[C@@H]3CC[C@@](OC)(O[Si](C)(C)C)[C@H]2C(=O)N3Cc2ccccc2)cc1. The lowest BCUT2D eigenvalue weighted by Crippen LogP contribution is -2.69. The minimum atomic E-state index is -2.13. The normalized spacial score (nSPS) is 25.0. The van der Waals surface area contributed by atoms with Crippen molar-refractivity contribution < 1.29 is 23.5 Å². The Morgan fingerprint density at radius 1 is 0.882 bits per heavy atom. The lowest BCUT2D eigenvalue weighted by Gasteiger charge is -2.48. The van der Waals surface area contributed by atoms with E-state index in [-0.39, 0.29) is 11.8 Å². The molecule has 3 heterocycles. The second-order valence-corrected chi connectivity index (χ2v) is 14.4. The Bertz CT molecular complexity index is 1020. The molecule has 2 aromatic carbocycles. The molecular weight excluding hydrogens is 448 g/mol. The van der Waals surface area contributed by atoms with Gasteiger partial charge in [0, 0.05) is 26.6 Å². The fourth-order valence-electron chi connectivity index (χ4n) is 5.02. The van der Waals surface area contributed by atoms with Crippen molar-refractivity contribution in [1.82, 2.24) is 9.80 Å². The molecule has 3 atom stereocenters. The number of hydrogen-bond donors (Lipinski definition) is 0. The van der Waals surface area contributed by atoms with Gasteiger partial charge in [-0.15, -0.1) is 0 Å². The van der Waals surface area contributed by atoms with Gasteiger partial charge in [0.05, 0.1) is 7.11 Å². The third kappa shape index (κ3) is 4.75. The Labute approximate surface area is 202 Å². The number of carbonyl (C=O) groups is 2. The molecule has 0 aliphatic carbocycles. The molecule has 2 bridgehead atoms. The van der Waals surface area contributed by atoms with E-state index in [1.165, 1.54) is 0 Å². The van der Waals surface area contributed by atoms with Gasteiger partial charge in [0.1, 0.15) is 11.8 Å². The molecule has 0 spiro atoms. The molecule has 0 saturated carbocycles. The van der Waals surface area contributed by atoms with Gasteiger partial charge in [0.25, 0.3) is 5.91 Å². The first-order chi connectivity index (χ1) is 16.2. The first-order valence-corrected chi connectivity index (χ1v) is 15.1. The molecule has 7 nitrogen and oxygen atoms in total. The first-order valence-electron chi connectivity index (χ1n) is 11.7. The van der Waals surface area contributed by atoms with Crippen molar-refractivity contribution in [3.8, 4) is 5.75 Å². The van der Waals surface area contributed by atoms with Gasteiger partial charge >= 0.3 is 0 Å². The Kier molecular flexibility index (Phi) is 6.84. The second kappa shape index (κ2) is 9.52. The number of carbonyl (C=O) groups excluding carboxylic acids is 2. The molecule has 2 amide bonds. The molecule has 3 aliphatic rings. The number of amides is 2. The summed E-state index contributed by atoms with van der Waals surface area (Å²) in [4.78, 5) is 31.3. The number of hydrogen-bond acceptors (Lipinski definition) is 5. The van der Waals surface area contributed by atoms with E-state index < -0.39 is 26.2 Å². The molecule has 3 aliphatic heterocycles. The van der Waals surface area contributed by atoms with Crippen LogP contribution in [0, 0.1) is 0 Å². The molecule has 5 rings (SSSR count). The Hall–Kier alpha value is -2.68. The van der Waals surface area contributed by atoms with Crippen molar-refractivity contribution >= 4 is 20.1 Å². The number of piperazine rings is 1. The molecule has 0 unspecified atom stereocenters. The highest BCUT2D eigenvalue weighted by Crippen LogP contribution is 2.41. The van der Waals surface area contributed by atoms with Gasteiger partial charge in [-0.1, -0.05) is 42.5 Å². The summed E-state index contributed by atoms with van der Waals surface area (Å²) < 4.78 is 17.9. The smallest absolute Gasteiger partial charge is 0.251 e. The predicted octanol–water partition coefficient (Wildman–Crippen LogP) is 3.79. The van der Waals surface area contributed by atoms with Crippen LogP contribution in [0.4, 0.5) is 0 Å². The van der Waals surface area contributed by atoms with Crippen LogP contribution in [0.1, 0.15) is 24.0 Å². The van der Waals surface area contributed by atoms with Crippen LogP contribution < -0.4 is 4.74 Å². The molecule has 8 heteroatoms. The van der Waals surface area contributed by atoms with Crippen LogP contribution in [0.2, 0.25) is 19.6 Å². The van der Waals surface area contributed by atoms with Crippen molar-refractivity contribution in [2.75, 3.05) is 14.2 Å². The molecule has 0 N–H and O–H groups in total. The van der Waals surface area contributed by atoms with Gasteiger partial charge in [-0.05, 0) is 49.3 Å². The fourth-order valence-corrected chi connectivity index (χ4v) is 6.35. The second-order valence-electron chi connectivity index (χ2n) is 9.95. The molecule has 0 aromatic heterocycles. The number of fused-ring (bicyclic) bond motifs is 4. The van der Waals surface area contributed by atoms with E-state index in [9.17, 15) is 9.59 Å². The molecular formula is C26H34N2O5Si. The van der Waals surface area contributed by atoms with Crippen LogP contribution in [-0.4, -0.2) is 62.0 Å². The van der Waals surface area contributed by atoms with Crippen LogP contribution in [0.5, 0.6) is 5.75 Å². The Balaban J connectivity index is 1.74. The third-order valence-corrected chi connectivity index (χ3v) is 7.45. The predicted molar refractivity (Wildman–Crippen MR) is 132 cm³/mol. The highest BCUT2D eigenvalue weighted by molar-refractivity contribution is 6.69. The van der Waals surface area contributed by atoms with Gasteiger partial charge in [-0.25, -0.2) is 0 Å². The van der Waals surface area contributed by atoms with Gasteiger partial charge < -0.3 is 23.7 Å². The minimum absolute atomic E-state index is 0.0607. The maximum atomic E-state index is 14.1. The van der Waals surface area contributed by atoms with E-state index in [4.69, 9.17) is 13.9 Å². The summed E-state index contributed by atoms with van der Waals surface area (Å²) in [6.45, 7) is 6.91. The van der Waals surface area contributed by atoms with E-state index in [2.05, 4.69) is 19.6 Å².